The van der Waals surface area contributed by atoms with Crippen LogP contribution in [-0.4, -0.2) is 86.5 Å². The lowest BCUT2D eigenvalue weighted by Gasteiger charge is -2.11. The summed E-state index contributed by atoms with van der Waals surface area (Å²) in [4.78, 5) is 43.6. The van der Waals surface area contributed by atoms with Gasteiger partial charge in [-0.1, -0.05) is 96.6 Å². The molecule has 2 N–H and O–H groups in total. The van der Waals surface area contributed by atoms with Crippen molar-refractivity contribution in [3.8, 4) is 112 Å². The summed E-state index contributed by atoms with van der Waals surface area (Å²) in [7, 11) is -3.09. The fraction of sp³-hybridized carbons (Fsp3) is 0.0426. The van der Waals surface area contributed by atoms with Gasteiger partial charge >= 0.3 is 6.18 Å². The second-order valence-corrected chi connectivity index (χ2v) is 29.7. The smallest absolute Gasteiger partial charge is 0.399 e. The maximum atomic E-state index is 14.3. The molecule has 20 aromatic rings. The van der Waals surface area contributed by atoms with Gasteiger partial charge in [-0.05, 0) is 158 Å². The number of pyridine rings is 10. The number of aromatic nitrogens is 15. The molecule has 0 saturated carbocycles. The maximum absolute atomic E-state index is 14.3. The van der Waals surface area contributed by atoms with Crippen LogP contribution in [0.3, 0.4) is 0 Å². The van der Waals surface area contributed by atoms with Gasteiger partial charge in [-0.2, -0.15) is 13.2 Å². The minimum atomic E-state index is -4.35. The molecule has 0 aliphatic carbocycles. The van der Waals surface area contributed by atoms with Gasteiger partial charge in [0.15, 0.2) is 9.84 Å². The molecule has 0 aliphatic heterocycles. The summed E-state index contributed by atoms with van der Waals surface area (Å²) >= 11 is 0. The zero-order valence-corrected chi connectivity index (χ0v) is 64.0. The van der Waals surface area contributed by atoms with Crippen LogP contribution in [0.4, 0.5) is 27.6 Å². The lowest BCUT2D eigenvalue weighted by Crippen LogP contribution is -2.04. The average Bonchev–Trinajstić information content (AvgIpc) is 1.57. The zero-order valence-electron chi connectivity index (χ0n) is 63.2. The Kier molecular flexibility index (Phi) is 22.0. The van der Waals surface area contributed by atoms with Crippen LogP contribution < -0.4 is 5.73 Å². The van der Waals surface area contributed by atoms with Crippen molar-refractivity contribution in [1.82, 2.24) is 71.8 Å². The minimum Gasteiger partial charge on any atom is -0.399 e. The van der Waals surface area contributed by atoms with E-state index in [0.717, 1.165) is 147 Å². The highest BCUT2D eigenvalue weighted by Gasteiger charge is 2.30. The number of nitrogens with two attached hydrogens (primary N) is 1. The Morgan fingerprint density at radius 3 is 1.03 bits per heavy atom. The van der Waals surface area contributed by atoms with Crippen molar-refractivity contribution in [3.63, 3.8) is 0 Å². The van der Waals surface area contributed by atoms with Gasteiger partial charge in [0.25, 0.3) is 0 Å². The molecule has 0 atom stereocenters. The first-order chi connectivity index (χ1) is 57.4. The summed E-state index contributed by atoms with van der Waals surface area (Å²) in [6, 6.07) is 71.1. The highest BCUT2D eigenvalue weighted by atomic mass is 32.2. The minimum absolute atomic E-state index is 0.0179. The Morgan fingerprint density at radius 2 is 0.661 bits per heavy atom. The third-order valence-corrected chi connectivity index (χ3v) is 20.1. The third-order valence-electron chi connectivity index (χ3n) is 19.3. The molecule has 18 nitrogen and oxygen atoms in total. The van der Waals surface area contributed by atoms with E-state index < -0.39 is 21.6 Å². The molecule has 0 saturated heterocycles. The van der Waals surface area contributed by atoms with Crippen molar-refractivity contribution < 1.29 is 30.4 Å². The van der Waals surface area contributed by atoms with Crippen LogP contribution >= 0.6 is 0 Å². The topological polar surface area (TPSA) is 211 Å². The highest BCUT2D eigenvalue weighted by Crippen LogP contribution is 2.38. The van der Waals surface area contributed by atoms with E-state index >= 15 is 0 Å². The number of aryl methyl sites for hydroxylation is 1. The number of hydrogen-bond donors (Lipinski definition) is 1. The van der Waals surface area contributed by atoms with Gasteiger partial charge < -0.3 is 27.7 Å². The number of alkyl halides is 3. The molecule has 5 aromatic carbocycles. The number of rotatable bonds is 12. The lowest BCUT2D eigenvalue weighted by molar-refractivity contribution is -0.137. The van der Waals surface area contributed by atoms with E-state index in [1.807, 2.05) is 248 Å². The first kappa shape index (κ1) is 76.7. The van der Waals surface area contributed by atoms with E-state index in [4.69, 9.17) is 5.73 Å². The molecule has 0 amide bonds. The number of anilines is 1. The number of benzene rings is 5. The maximum Gasteiger partial charge on any atom is 0.416 e. The van der Waals surface area contributed by atoms with Crippen molar-refractivity contribution in [2.75, 3.05) is 12.0 Å². The number of nitrogens with zero attached hydrogens (tertiary/aromatic N) is 15. The summed E-state index contributed by atoms with van der Waals surface area (Å²) in [6.45, 7) is 1.95. The Labute approximate surface area is 673 Å². The zero-order chi connectivity index (χ0) is 81.3. The molecule has 24 heteroatoms. The second kappa shape index (κ2) is 33.8. The van der Waals surface area contributed by atoms with E-state index in [-0.39, 0.29) is 17.4 Å². The summed E-state index contributed by atoms with van der Waals surface area (Å²) in [5.41, 5.74) is 29.5. The first-order valence-electron chi connectivity index (χ1n) is 37.1. The molecular weight excluding hydrogens is 1510 g/mol. The number of sulfone groups is 1. The Balaban J connectivity index is 0.000000110. The van der Waals surface area contributed by atoms with E-state index in [1.165, 1.54) is 36.6 Å². The molecular formula is C94H69F5N16O2S. The highest BCUT2D eigenvalue weighted by molar-refractivity contribution is 7.89. The van der Waals surface area contributed by atoms with E-state index in [1.54, 1.807) is 80.2 Å². The summed E-state index contributed by atoms with van der Waals surface area (Å²) in [6.07, 6.45) is 33.7. The van der Waals surface area contributed by atoms with Crippen LogP contribution in [0.25, 0.3) is 140 Å². The predicted molar refractivity (Wildman–Crippen MR) is 452 cm³/mol. The molecule has 20 rings (SSSR count). The first-order valence-corrected chi connectivity index (χ1v) is 39.2. The number of fused-ring (bicyclic) bond motifs is 5. The number of hydrogen-bond acceptors (Lipinski definition) is 13. The predicted octanol–water partition coefficient (Wildman–Crippen LogP) is 21.0. The Morgan fingerprint density at radius 1 is 0.322 bits per heavy atom. The molecule has 0 aliphatic rings. The number of nitrogen functional groups attached to an aromatic ring is 1. The molecule has 118 heavy (non-hydrogen) atoms. The molecule has 15 aromatic heterocycles. The lowest BCUT2D eigenvalue weighted by atomic mass is 9.99. The summed E-state index contributed by atoms with van der Waals surface area (Å²) in [5, 5.41) is 0. The van der Waals surface area contributed by atoms with Crippen LogP contribution in [0.5, 0.6) is 0 Å². The van der Waals surface area contributed by atoms with Gasteiger partial charge in [-0.25, -0.2) is 42.1 Å². The van der Waals surface area contributed by atoms with Crippen LogP contribution in [0, 0.1) is 18.6 Å². The van der Waals surface area contributed by atoms with Gasteiger partial charge in [0.05, 0.1) is 39.8 Å². The number of halogens is 5. The Bertz CT molecular complexity index is 6960. The van der Waals surface area contributed by atoms with E-state index in [2.05, 4.69) is 68.2 Å². The van der Waals surface area contributed by atoms with E-state index in [9.17, 15) is 30.4 Å². The van der Waals surface area contributed by atoms with Gasteiger partial charge in [0.1, 0.15) is 39.9 Å². The summed E-state index contributed by atoms with van der Waals surface area (Å²) < 4.78 is 99.1. The van der Waals surface area contributed by atoms with Gasteiger partial charge in [-0.3, -0.25) is 24.9 Å². The number of imidazole rings is 5. The Hall–Kier alpha value is -15.3. The van der Waals surface area contributed by atoms with Gasteiger partial charge in [0, 0.05) is 219 Å². The third kappa shape index (κ3) is 17.6. The molecule has 0 fully saturated rings. The van der Waals surface area contributed by atoms with Crippen LogP contribution in [0.1, 0.15) is 16.7 Å². The van der Waals surface area contributed by atoms with Gasteiger partial charge in [0.2, 0.25) is 0 Å². The largest absolute Gasteiger partial charge is 0.416 e. The van der Waals surface area contributed by atoms with Crippen molar-refractivity contribution in [2.45, 2.75) is 18.9 Å². The molecule has 0 radical (unpaired) electrons. The van der Waals surface area contributed by atoms with E-state index in [0.29, 0.717) is 22.5 Å². The second-order valence-electron chi connectivity index (χ2n) is 27.5. The average molecular weight is 1580 g/mol. The van der Waals surface area contributed by atoms with Crippen molar-refractivity contribution in [1.29, 1.82) is 0 Å². The molecule has 0 spiro atoms. The molecule has 15 heterocycles. The summed E-state index contributed by atoms with van der Waals surface area (Å²) in [5.74, 6) is -0.511. The van der Waals surface area contributed by atoms with Crippen LogP contribution in [0.15, 0.2) is 361 Å². The normalized spacial score (nSPS) is 11.3. The van der Waals surface area contributed by atoms with Crippen LogP contribution in [0.2, 0.25) is 0 Å². The SMILES string of the molecule is CS(=O)(=O)Cc1cccc(-c2ncccc2-c2ccc3nccn3c2)c1.Cc1ccc(F)c(-c2ncccc2-c2ccc3nccn3c2)c1.FC(F)(F)c1ccc(-c2ncccc2-c2ccc3nccn3c2)cc1.Fc1cccc(-c2ncccc2-c2ccc3nccn3c2)c1.Nc1cccc(-c2ncccc2-c2ccc3nccn3c2)c1. The monoisotopic (exact) mass is 1580 g/mol. The molecule has 578 valence electrons. The quantitative estimate of drug-likeness (QED) is 0.0892. The van der Waals surface area contributed by atoms with Crippen molar-refractivity contribution >= 4 is 43.8 Å². The van der Waals surface area contributed by atoms with Crippen molar-refractivity contribution in [3.05, 3.63) is 389 Å². The standard InChI is InChI=1S/C20H17N3O2S.C19H12F3N3.C19H14FN3.C18H12FN3.C18H14N4/c1-26(24,25)14-15-4-2-5-16(12-15)20-18(6-3-9-22-20)17-7-8-19-21-10-11-23(19)13-17;20-19(21,22)15-6-3-13(4-7-15)18-16(2-1-9-24-18)14-5-8-17-23-10-11-25(17)12-14;1-13-4-6-17(20)16(11-13)19-15(3-2-8-22-19)14-5-7-18-21-9-10-23(18)12-14;2*19-15-4-1-3-13(11-15)18-16(5-2-8-21-18)14-6-7-17-20-9-10-22(17)12-14/h2-13H,14H2,1H3;1-12H;2-12H,1H3;1-12H;1-12H,19H2. The molecule has 0 bridgehead atoms. The molecule has 0 unspecified atom stereocenters. The van der Waals surface area contributed by atoms with Crippen LogP contribution in [-0.2, 0) is 21.8 Å². The fourth-order valence-electron chi connectivity index (χ4n) is 13.8. The fourth-order valence-corrected chi connectivity index (χ4v) is 14.6. The van der Waals surface area contributed by atoms with Gasteiger partial charge in [-0.15, -0.1) is 0 Å². The van der Waals surface area contributed by atoms with Crippen molar-refractivity contribution in [2.24, 2.45) is 0 Å².